The van der Waals surface area contributed by atoms with Gasteiger partial charge in [0.1, 0.15) is 23.4 Å². The lowest BCUT2D eigenvalue weighted by atomic mass is 10.1. The first-order valence-electron chi connectivity index (χ1n) is 9.00. The largest absolute Gasteiger partial charge is 0.385 e. The molecule has 2 aromatic rings. The van der Waals surface area contributed by atoms with Crippen molar-refractivity contribution in [2.45, 2.75) is 12.8 Å². The van der Waals surface area contributed by atoms with E-state index in [1.807, 2.05) is 0 Å². The van der Waals surface area contributed by atoms with Crippen molar-refractivity contribution in [1.82, 2.24) is 9.97 Å². The zero-order chi connectivity index (χ0) is 21.1. The molecule has 0 radical (unpaired) electrons. The van der Waals surface area contributed by atoms with Crippen LogP contribution in [0.3, 0.4) is 0 Å². The Morgan fingerprint density at radius 2 is 2.10 bits per heavy atom. The number of anilines is 2. The summed E-state index contributed by atoms with van der Waals surface area (Å²) in [6.45, 7) is 1.08. The van der Waals surface area contributed by atoms with Crippen molar-refractivity contribution in [2.24, 2.45) is 0 Å². The van der Waals surface area contributed by atoms with Crippen LogP contribution in [0.15, 0.2) is 30.5 Å². The lowest BCUT2D eigenvalue weighted by Gasteiger charge is -2.22. The third-order valence-electron chi connectivity index (χ3n) is 4.06. The van der Waals surface area contributed by atoms with Crippen molar-refractivity contribution in [3.05, 3.63) is 47.3 Å². The first-order valence-corrected chi connectivity index (χ1v) is 9.00. The topological polar surface area (TPSA) is 117 Å². The maximum absolute atomic E-state index is 12.9. The number of amides is 2. The summed E-state index contributed by atoms with van der Waals surface area (Å²) < 4.78 is 10.1. The molecule has 0 saturated carbocycles. The third kappa shape index (κ3) is 6.34. The van der Waals surface area contributed by atoms with E-state index in [-0.39, 0.29) is 18.8 Å². The van der Waals surface area contributed by atoms with Gasteiger partial charge in [0, 0.05) is 27.0 Å². The Hall–Kier alpha value is -3.35. The van der Waals surface area contributed by atoms with E-state index in [0.717, 1.165) is 12.0 Å². The Morgan fingerprint density at radius 3 is 2.79 bits per heavy atom. The molecule has 0 atom stereocenters. The summed E-state index contributed by atoms with van der Waals surface area (Å²) in [6.07, 6.45) is 3.41. The Labute approximate surface area is 169 Å². The molecule has 1 N–H and O–H groups in total. The summed E-state index contributed by atoms with van der Waals surface area (Å²) in [5.41, 5.74) is 1.45. The normalized spacial score (nSPS) is 10.2. The van der Waals surface area contributed by atoms with E-state index in [1.54, 1.807) is 31.4 Å². The van der Waals surface area contributed by atoms with Crippen LogP contribution < -0.4 is 10.2 Å². The van der Waals surface area contributed by atoms with Gasteiger partial charge in [-0.2, -0.15) is 5.26 Å². The highest BCUT2D eigenvalue weighted by Gasteiger charge is 2.18. The molecular formula is C20H23N5O4. The SMILES string of the molecule is COCCCc1cc(NC(=O)N(CCOC)c2cccc(C=O)n2)ncc1C#N. The molecule has 2 aromatic heterocycles. The van der Waals surface area contributed by atoms with Crippen LogP contribution in [0, 0.1) is 11.3 Å². The van der Waals surface area contributed by atoms with E-state index < -0.39 is 6.03 Å². The number of hydrogen-bond acceptors (Lipinski definition) is 7. The number of pyridine rings is 2. The molecule has 0 unspecified atom stereocenters. The highest BCUT2D eigenvalue weighted by atomic mass is 16.5. The average Bonchev–Trinajstić information content (AvgIpc) is 2.74. The second kappa shape index (κ2) is 11.5. The Kier molecular flexibility index (Phi) is 8.69. The van der Waals surface area contributed by atoms with Crippen LogP contribution in [0.2, 0.25) is 0 Å². The Morgan fingerprint density at radius 1 is 1.31 bits per heavy atom. The lowest BCUT2D eigenvalue weighted by Crippen LogP contribution is -2.38. The number of ether oxygens (including phenoxy) is 2. The first kappa shape index (κ1) is 21.9. The molecule has 0 aromatic carbocycles. The van der Waals surface area contributed by atoms with Crippen LogP contribution in [-0.2, 0) is 15.9 Å². The molecule has 0 saturated heterocycles. The lowest BCUT2D eigenvalue weighted by molar-refractivity contribution is 0.111. The van der Waals surface area contributed by atoms with Crippen molar-refractivity contribution in [2.75, 3.05) is 44.2 Å². The molecule has 9 nitrogen and oxygen atoms in total. The quantitative estimate of drug-likeness (QED) is 0.483. The second-order valence-corrected chi connectivity index (χ2v) is 6.05. The molecule has 0 aliphatic carbocycles. The van der Waals surface area contributed by atoms with Gasteiger partial charge in [0.25, 0.3) is 0 Å². The number of carbonyl (C=O) groups excluding carboxylic acids is 2. The minimum Gasteiger partial charge on any atom is -0.385 e. The molecule has 0 fully saturated rings. The number of methoxy groups -OCH3 is 2. The number of carbonyl (C=O) groups is 2. The van der Waals surface area contributed by atoms with E-state index >= 15 is 0 Å². The number of nitriles is 1. The fraction of sp³-hybridized carbons (Fsp3) is 0.350. The van der Waals surface area contributed by atoms with Crippen LogP contribution in [-0.4, -0.2) is 56.3 Å². The third-order valence-corrected chi connectivity index (χ3v) is 4.06. The van der Waals surface area contributed by atoms with Gasteiger partial charge >= 0.3 is 6.03 Å². The van der Waals surface area contributed by atoms with Crippen molar-refractivity contribution < 1.29 is 19.1 Å². The molecule has 0 aliphatic rings. The summed E-state index contributed by atoms with van der Waals surface area (Å²) in [6, 6.07) is 8.14. The number of urea groups is 1. The van der Waals surface area contributed by atoms with Gasteiger partial charge in [0.05, 0.1) is 18.7 Å². The van der Waals surface area contributed by atoms with Crippen molar-refractivity contribution in [3.63, 3.8) is 0 Å². The van der Waals surface area contributed by atoms with E-state index in [0.29, 0.717) is 36.5 Å². The number of rotatable bonds is 10. The van der Waals surface area contributed by atoms with Gasteiger partial charge in [-0.1, -0.05) is 6.07 Å². The van der Waals surface area contributed by atoms with Crippen molar-refractivity contribution in [3.8, 4) is 6.07 Å². The highest BCUT2D eigenvalue weighted by Crippen LogP contribution is 2.17. The number of aryl methyl sites for hydroxylation is 1. The van der Waals surface area contributed by atoms with Gasteiger partial charge in [-0.05, 0) is 36.6 Å². The maximum Gasteiger partial charge on any atom is 0.328 e. The number of nitrogens with zero attached hydrogens (tertiary/aromatic N) is 4. The standard InChI is InChI=1S/C20H23N5O4/c1-28-9-4-5-15-11-18(22-13-16(15)12-21)24-20(27)25(8-10-29-2)19-7-3-6-17(14-26)23-19/h3,6-7,11,13-14H,4-5,8-10H2,1-2H3,(H,22,24,27). The fourth-order valence-electron chi connectivity index (χ4n) is 2.62. The Bertz CT molecular complexity index is 881. The minimum absolute atomic E-state index is 0.217. The molecule has 152 valence electrons. The van der Waals surface area contributed by atoms with Gasteiger partial charge in [-0.15, -0.1) is 0 Å². The molecule has 2 heterocycles. The first-order chi connectivity index (χ1) is 14.1. The summed E-state index contributed by atoms with van der Waals surface area (Å²) >= 11 is 0. The molecule has 0 aliphatic heterocycles. The van der Waals surface area contributed by atoms with E-state index in [1.165, 1.54) is 18.2 Å². The summed E-state index contributed by atoms with van der Waals surface area (Å²) in [7, 11) is 3.14. The molecule has 0 bridgehead atoms. The van der Waals surface area contributed by atoms with Crippen LogP contribution in [0.5, 0.6) is 0 Å². The predicted octanol–water partition coefficient (Wildman–Crippen LogP) is 2.42. The summed E-state index contributed by atoms with van der Waals surface area (Å²) in [5, 5.41) is 12.0. The van der Waals surface area contributed by atoms with E-state index in [9.17, 15) is 14.9 Å². The number of aldehydes is 1. The summed E-state index contributed by atoms with van der Waals surface area (Å²) in [4.78, 5) is 33.5. The van der Waals surface area contributed by atoms with Gasteiger partial charge in [-0.25, -0.2) is 14.8 Å². The smallest absolute Gasteiger partial charge is 0.328 e. The molecule has 2 rings (SSSR count). The molecule has 0 spiro atoms. The van der Waals surface area contributed by atoms with Gasteiger partial charge < -0.3 is 9.47 Å². The average molecular weight is 397 g/mol. The molecular weight excluding hydrogens is 374 g/mol. The minimum atomic E-state index is -0.474. The van der Waals surface area contributed by atoms with Gasteiger partial charge in [0.15, 0.2) is 6.29 Å². The fourth-order valence-corrected chi connectivity index (χ4v) is 2.62. The number of aromatic nitrogens is 2. The number of hydrogen-bond donors (Lipinski definition) is 1. The van der Waals surface area contributed by atoms with E-state index in [2.05, 4.69) is 21.4 Å². The van der Waals surface area contributed by atoms with Crippen LogP contribution in [0.25, 0.3) is 0 Å². The van der Waals surface area contributed by atoms with Crippen LogP contribution in [0.4, 0.5) is 16.4 Å². The zero-order valence-electron chi connectivity index (χ0n) is 16.4. The van der Waals surface area contributed by atoms with Crippen molar-refractivity contribution in [1.29, 1.82) is 5.26 Å². The predicted molar refractivity (Wildman–Crippen MR) is 107 cm³/mol. The monoisotopic (exact) mass is 397 g/mol. The molecule has 29 heavy (non-hydrogen) atoms. The number of nitrogens with one attached hydrogen (secondary N) is 1. The highest BCUT2D eigenvalue weighted by molar-refractivity contribution is 6.00. The van der Waals surface area contributed by atoms with Crippen molar-refractivity contribution >= 4 is 24.0 Å². The Balaban J connectivity index is 2.22. The molecule has 2 amide bonds. The maximum atomic E-state index is 12.9. The van der Waals surface area contributed by atoms with Gasteiger partial charge in [0.2, 0.25) is 0 Å². The van der Waals surface area contributed by atoms with E-state index in [4.69, 9.17) is 9.47 Å². The second-order valence-electron chi connectivity index (χ2n) is 6.05. The van der Waals surface area contributed by atoms with Crippen LogP contribution >= 0.6 is 0 Å². The summed E-state index contributed by atoms with van der Waals surface area (Å²) in [5.74, 6) is 0.633. The zero-order valence-corrected chi connectivity index (χ0v) is 16.4. The van der Waals surface area contributed by atoms with Crippen LogP contribution in [0.1, 0.15) is 28.0 Å². The molecule has 9 heteroatoms. The van der Waals surface area contributed by atoms with Gasteiger partial charge in [-0.3, -0.25) is 15.0 Å².